The fraction of sp³-hybridized carbons (Fsp3) is 0.333. The second kappa shape index (κ2) is 4.98. The van der Waals surface area contributed by atoms with E-state index in [4.69, 9.17) is 10.5 Å². The third kappa shape index (κ3) is 2.02. The molecule has 1 aliphatic heterocycles. The van der Waals surface area contributed by atoms with E-state index in [1.165, 1.54) is 16.5 Å². The number of nitrogens with zero attached hydrogens (tertiary/aromatic N) is 1. The molecule has 0 saturated heterocycles. The third-order valence-corrected chi connectivity index (χ3v) is 4.88. The molecule has 1 aromatic carbocycles. The molecule has 2 N–H and O–H groups in total. The summed E-state index contributed by atoms with van der Waals surface area (Å²) in [5, 5.41) is 2.10. The number of anilines is 2. The summed E-state index contributed by atoms with van der Waals surface area (Å²) in [6, 6.07) is 5.32. The van der Waals surface area contributed by atoms with Crippen molar-refractivity contribution in [2.24, 2.45) is 0 Å². The highest BCUT2D eigenvalue weighted by Crippen LogP contribution is 2.39. The Morgan fingerprint density at radius 1 is 1.45 bits per heavy atom. The van der Waals surface area contributed by atoms with Gasteiger partial charge >= 0.3 is 0 Å². The maximum absolute atomic E-state index is 14.3. The van der Waals surface area contributed by atoms with Gasteiger partial charge in [0.25, 0.3) is 0 Å². The minimum Gasteiger partial charge on any atom is -0.495 e. The molecular weight excluding hydrogens is 275 g/mol. The topological polar surface area (TPSA) is 38.5 Å². The van der Waals surface area contributed by atoms with Crippen LogP contribution in [0.1, 0.15) is 23.4 Å². The maximum atomic E-state index is 14.3. The second-order valence-corrected chi connectivity index (χ2v) is 5.96. The van der Waals surface area contributed by atoms with Gasteiger partial charge in [-0.25, -0.2) is 4.39 Å². The summed E-state index contributed by atoms with van der Waals surface area (Å²) >= 11 is 1.78. The molecule has 106 valence electrons. The number of halogens is 1. The molecule has 20 heavy (non-hydrogen) atoms. The predicted octanol–water partition coefficient (Wildman–Crippen LogP) is 3.60. The first-order valence-electron chi connectivity index (χ1n) is 6.57. The summed E-state index contributed by atoms with van der Waals surface area (Å²) in [6.45, 7) is 2.91. The Morgan fingerprint density at radius 2 is 2.25 bits per heavy atom. The molecule has 2 heterocycles. The lowest BCUT2D eigenvalue weighted by molar-refractivity contribution is 0.415. The van der Waals surface area contributed by atoms with Crippen LogP contribution >= 0.6 is 11.3 Å². The van der Waals surface area contributed by atoms with Crippen molar-refractivity contribution in [1.29, 1.82) is 0 Å². The minimum atomic E-state index is -0.297. The number of ether oxygens (including phenoxy) is 1. The van der Waals surface area contributed by atoms with Crippen LogP contribution in [0.15, 0.2) is 23.6 Å². The number of fused-ring (bicyclic) bond motifs is 1. The first-order valence-corrected chi connectivity index (χ1v) is 7.45. The maximum Gasteiger partial charge on any atom is 0.148 e. The first-order chi connectivity index (χ1) is 9.61. The van der Waals surface area contributed by atoms with E-state index in [9.17, 15) is 4.39 Å². The molecule has 0 radical (unpaired) electrons. The van der Waals surface area contributed by atoms with Crippen molar-refractivity contribution >= 4 is 22.7 Å². The highest BCUT2D eigenvalue weighted by molar-refractivity contribution is 7.10. The minimum absolute atomic E-state index is 0.160. The molecule has 1 aliphatic rings. The van der Waals surface area contributed by atoms with Crippen molar-refractivity contribution < 1.29 is 9.13 Å². The van der Waals surface area contributed by atoms with E-state index in [0.29, 0.717) is 17.1 Å². The Balaban J connectivity index is 2.02. The summed E-state index contributed by atoms with van der Waals surface area (Å²) in [6.07, 6.45) is 0.948. The molecule has 0 amide bonds. The molecular formula is C15H17FN2OS. The van der Waals surface area contributed by atoms with Gasteiger partial charge in [0, 0.05) is 23.6 Å². The highest BCUT2D eigenvalue weighted by Gasteiger charge is 2.27. The van der Waals surface area contributed by atoms with Gasteiger partial charge in [-0.1, -0.05) is 0 Å². The molecule has 0 fully saturated rings. The summed E-state index contributed by atoms with van der Waals surface area (Å²) in [5.74, 6) is 0.221. The lowest BCUT2D eigenvalue weighted by Crippen LogP contribution is -2.33. The first kappa shape index (κ1) is 13.2. The lowest BCUT2D eigenvalue weighted by Gasteiger charge is -2.36. The molecule has 5 heteroatoms. The smallest absolute Gasteiger partial charge is 0.148 e. The normalized spacial score (nSPS) is 17.9. The van der Waals surface area contributed by atoms with Crippen LogP contribution in [0.4, 0.5) is 15.8 Å². The van der Waals surface area contributed by atoms with Gasteiger partial charge in [-0.3, -0.25) is 0 Å². The van der Waals surface area contributed by atoms with Crippen LogP contribution in [0.25, 0.3) is 0 Å². The Bertz CT molecular complexity index is 641. The molecule has 3 rings (SSSR count). The standard InChI is InChI=1S/C15H17FN2OS/c1-9-10-4-6-20-15(10)3-5-18(9)13-8-14(19-2)12(17)7-11(13)16/h4,6-9H,3,5,17H2,1-2H3. The number of thiophene rings is 1. The average molecular weight is 292 g/mol. The summed E-state index contributed by atoms with van der Waals surface area (Å²) in [4.78, 5) is 3.48. The number of benzene rings is 1. The Hall–Kier alpha value is -1.75. The van der Waals surface area contributed by atoms with Crippen LogP contribution in [0.5, 0.6) is 5.75 Å². The van der Waals surface area contributed by atoms with Crippen molar-refractivity contribution in [2.75, 3.05) is 24.3 Å². The largest absolute Gasteiger partial charge is 0.495 e. The van der Waals surface area contributed by atoms with Crippen LogP contribution in [0.2, 0.25) is 0 Å². The monoisotopic (exact) mass is 292 g/mol. The van der Waals surface area contributed by atoms with Crippen molar-refractivity contribution in [1.82, 2.24) is 0 Å². The van der Waals surface area contributed by atoms with Crippen LogP contribution in [0, 0.1) is 5.82 Å². The van der Waals surface area contributed by atoms with Gasteiger partial charge in [-0.2, -0.15) is 0 Å². The van der Waals surface area contributed by atoms with Crippen molar-refractivity contribution in [3.05, 3.63) is 39.8 Å². The van der Waals surface area contributed by atoms with Gasteiger partial charge in [0.05, 0.1) is 24.5 Å². The van der Waals surface area contributed by atoms with Gasteiger partial charge in [-0.05, 0) is 30.4 Å². The number of nitrogens with two attached hydrogens (primary N) is 1. The fourth-order valence-electron chi connectivity index (χ4n) is 2.79. The van der Waals surface area contributed by atoms with E-state index in [0.717, 1.165) is 13.0 Å². The second-order valence-electron chi connectivity index (χ2n) is 4.96. The third-order valence-electron chi connectivity index (χ3n) is 3.89. The average Bonchev–Trinajstić information content (AvgIpc) is 2.89. The van der Waals surface area contributed by atoms with E-state index in [1.807, 2.05) is 0 Å². The molecule has 2 aromatic rings. The van der Waals surface area contributed by atoms with Gasteiger partial charge in [0.15, 0.2) is 0 Å². The molecule has 0 saturated carbocycles. The molecule has 3 nitrogen and oxygen atoms in total. The number of methoxy groups -OCH3 is 1. The van der Waals surface area contributed by atoms with E-state index in [-0.39, 0.29) is 11.9 Å². The van der Waals surface area contributed by atoms with Crippen LogP contribution < -0.4 is 15.4 Å². The zero-order valence-corrected chi connectivity index (χ0v) is 12.3. The molecule has 1 atom stereocenters. The van der Waals surface area contributed by atoms with Crippen LogP contribution in [-0.2, 0) is 6.42 Å². The summed E-state index contributed by atoms with van der Waals surface area (Å²) in [5.41, 5.74) is 7.92. The molecule has 0 aliphatic carbocycles. The molecule has 0 spiro atoms. The lowest BCUT2D eigenvalue weighted by atomic mass is 10.0. The number of nitrogen functional groups attached to an aromatic ring is 1. The fourth-order valence-corrected chi connectivity index (χ4v) is 3.76. The molecule has 1 aromatic heterocycles. The Kier molecular flexibility index (Phi) is 3.30. The van der Waals surface area contributed by atoms with Crippen LogP contribution in [-0.4, -0.2) is 13.7 Å². The SMILES string of the molecule is COc1cc(N2CCc3sccc3C2C)c(F)cc1N. The van der Waals surface area contributed by atoms with Crippen molar-refractivity contribution in [2.45, 2.75) is 19.4 Å². The van der Waals surface area contributed by atoms with E-state index >= 15 is 0 Å². The quantitative estimate of drug-likeness (QED) is 0.860. The van der Waals surface area contributed by atoms with Gasteiger partial charge < -0.3 is 15.4 Å². The van der Waals surface area contributed by atoms with Crippen LogP contribution in [0.3, 0.4) is 0 Å². The van der Waals surface area contributed by atoms with Gasteiger partial charge in [0.1, 0.15) is 11.6 Å². The molecule has 0 bridgehead atoms. The zero-order valence-electron chi connectivity index (χ0n) is 11.5. The summed E-state index contributed by atoms with van der Waals surface area (Å²) < 4.78 is 19.5. The van der Waals surface area contributed by atoms with E-state index in [1.54, 1.807) is 24.5 Å². The Morgan fingerprint density at radius 3 is 3.00 bits per heavy atom. The number of hydrogen-bond donors (Lipinski definition) is 1. The zero-order chi connectivity index (χ0) is 14.3. The highest BCUT2D eigenvalue weighted by atomic mass is 32.1. The summed E-state index contributed by atoms with van der Waals surface area (Å²) in [7, 11) is 1.55. The molecule has 1 unspecified atom stereocenters. The van der Waals surface area contributed by atoms with Gasteiger partial charge in [-0.15, -0.1) is 11.3 Å². The number of rotatable bonds is 2. The predicted molar refractivity (Wildman–Crippen MR) is 81.1 cm³/mol. The number of hydrogen-bond acceptors (Lipinski definition) is 4. The van der Waals surface area contributed by atoms with E-state index in [2.05, 4.69) is 23.3 Å². The van der Waals surface area contributed by atoms with E-state index < -0.39 is 0 Å². The Labute approximate surface area is 121 Å². The van der Waals surface area contributed by atoms with Crippen molar-refractivity contribution in [3.63, 3.8) is 0 Å². The van der Waals surface area contributed by atoms with Gasteiger partial charge in [0.2, 0.25) is 0 Å². The van der Waals surface area contributed by atoms with Crippen molar-refractivity contribution in [3.8, 4) is 5.75 Å².